The van der Waals surface area contributed by atoms with Gasteiger partial charge in [-0.05, 0) is 30.3 Å². The molecule has 4 rings (SSSR count). The molecule has 10 nitrogen and oxygen atoms in total. The van der Waals surface area contributed by atoms with Crippen LogP contribution in [0.1, 0.15) is 12.3 Å². The van der Waals surface area contributed by atoms with E-state index in [1.54, 1.807) is 24.3 Å². The van der Waals surface area contributed by atoms with Gasteiger partial charge < -0.3 is 19.9 Å². The molecule has 0 saturated heterocycles. The first kappa shape index (κ1) is 23.7. The average molecular weight is 488 g/mol. The summed E-state index contributed by atoms with van der Waals surface area (Å²) in [5, 5.41) is 17.2. The van der Waals surface area contributed by atoms with Crippen LogP contribution in [0, 0.1) is 0 Å². The summed E-state index contributed by atoms with van der Waals surface area (Å²) in [4.78, 5) is 28.1. The van der Waals surface area contributed by atoms with Gasteiger partial charge in [0.1, 0.15) is 5.75 Å². The van der Waals surface area contributed by atoms with E-state index in [4.69, 9.17) is 4.52 Å². The summed E-state index contributed by atoms with van der Waals surface area (Å²) in [7, 11) is 0. The molecular formula is C22H19F3N6O4. The van der Waals surface area contributed by atoms with Gasteiger partial charge in [-0.2, -0.15) is 10.1 Å². The van der Waals surface area contributed by atoms with Crippen LogP contribution in [-0.2, 0) is 11.2 Å². The predicted octanol–water partition coefficient (Wildman–Crippen LogP) is 3.03. The third-order valence-corrected chi connectivity index (χ3v) is 4.82. The van der Waals surface area contributed by atoms with Crippen LogP contribution in [0.3, 0.4) is 0 Å². The molecule has 2 aromatic heterocycles. The van der Waals surface area contributed by atoms with Crippen molar-refractivity contribution in [3.8, 4) is 17.1 Å². The average Bonchev–Trinajstić information content (AvgIpc) is 3.30. The lowest BCUT2D eigenvalue weighted by molar-refractivity contribution is -0.274. The van der Waals surface area contributed by atoms with Gasteiger partial charge in [-0.1, -0.05) is 23.4 Å². The van der Waals surface area contributed by atoms with Gasteiger partial charge >= 0.3 is 6.36 Å². The summed E-state index contributed by atoms with van der Waals surface area (Å²) >= 11 is 0. The number of H-pyrrole nitrogens is 1. The normalized spacial score (nSPS) is 11.4. The SMILES string of the molecule is O=C(CCc1nc(-c2ccc(OC(F)(F)F)cc2)no1)NCCNc1n[nH]c(=O)c2ccccc12. The Kier molecular flexibility index (Phi) is 6.94. The maximum atomic E-state index is 12.3. The lowest BCUT2D eigenvalue weighted by Crippen LogP contribution is -2.29. The standard InChI is InChI=1S/C22H19F3N6O4/c23-22(24,25)34-14-7-5-13(6-8-14)19-28-18(35-31-19)10-9-17(32)26-11-12-27-20-15-3-1-2-4-16(15)21(33)30-29-20/h1-8H,9-12H2,(H,26,32)(H,27,29)(H,30,33). The van der Waals surface area contributed by atoms with Crippen LogP contribution >= 0.6 is 0 Å². The second-order valence-corrected chi connectivity index (χ2v) is 7.31. The Balaban J connectivity index is 1.22. The number of carbonyl (C=O) groups is 1. The van der Waals surface area contributed by atoms with E-state index in [1.165, 1.54) is 12.1 Å². The fraction of sp³-hybridized carbons (Fsp3) is 0.227. The molecule has 0 aliphatic carbocycles. The number of aromatic amines is 1. The number of aromatic nitrogens is 4. The highest BCUT2D eigenvalue weighted by atomic mass is 19.4. The molecule has 0 fully saturated rings. The van der Waals surface area contributed by atoms with E-state index in [9.17, 15) is 22.8 Å². The number of carbonyl (C=O) groups excluding carboxylic acids is 1. The Morgan fingerprint density at radius 2 is 1.80 bits per heavy atom. The molecule has 0 bridgehead atoms. The van der Waals surface area contributed by atoms with Crippen LogP contribution in [0.15, 0.2) is 57.8 Å². The van der Waals surface area contributed by atoms with Crippen LogP contribution in [0.4, 0.5) is 19.0 Å². The molecule has 3 N–H and O–H groups in total. The minimum atomic E-state index is -4.77. The number of hydrogen-bond acceptors (Lipinski definition) is 8. The van der Waals surface area contributed by atoms with Gasteiger partial charge in [0.15, 0.2) is 5.82 Å². The highest BCUT2D eigenvalue weighted by molar-refractivity contribution is 5.90. The number of ether oxygens (including phenoxy) is 1. The van der Waals surface area contributed by atoms with Gasteiger partial charge in [0.25, 0.3) is 5.56 Å². The lowest BCUT2D eigenvalue weighted by atomic mass is 10.2. The minimum Gasteiger partial charge on any atom is -0.406 e. The molecule has 0 unspecified atom stereocenters. The summed E-state index contributed by atoms with van der Waals surface area (Å²) < 4.78 is 45.7. The molecule has 35 heavy (non-hydrogen) atoms. The van der Waals surface area contributed by atoms with Crippen molar-refractivity contribution in [1.82, 2.24) is 25.7 Å². The topological polar surface area (TPSA) is 135 Å². The van der Waals surface area contributed by atoms with Crippen LogP contribution in [-0.4, -0.2) is 45.7 Å². The van der Waals surface area contributed by atoms with Crippen molar-refractivity contribution in [2.24, 2.45) is 0 Å². The number of nitrogens with one attached hydrogen (secondary N) is 3. The monoisotopic (exact) mass is 488 g/mol. The third kappa shape index (κ3) is 6.34. The van der Waals surface area contributed by atoms with Gasteiger partial charge in [-0.25, -0.2) is 5.10 Å². The van der Waals surface area contributed by atoms with Crippen LogP contribution in [0.2, 0.25) is 0 Å². The van der Waals surface area contributed by atoms with Crippen LogP contribution < -0.4 is 20.9 Å². The first-order valence-electron chi connectivity index (χ1n) is 10.5. The number of amides is 1. The number of aryl methyl sites for hydroxylation is 1. The summed E-state index contributed by atoms with van der Waals surface area (Å²) in [5.41, 5.74) is 0.157. The maximum Gasteiger partial charge on any atom is 0.573 e. The van der Waals surface area contributed by atoms with E-state index in [0.29, 0.717) is 35.2 Å². The summed E-state index contributed by atoms with van der Waals surface area (Å²) in [5.74, 6) is 0.308. The van der Waals surface area contributed by atoms with Crippen molar-refractivity contribution in [3.63, 3.8) is 0 Å². The summed E-state index contributed by atoms with van der Waals surface area (Å²) in [6.45, 7) is 0.697. The molecule has 182 valence electrons. The van der Waals surface area contributed by atoms with E-state index >= 15 is 0 Å². The van der Waals surface area contributed by atoms with E-state index in [0.717, 1.165) is 12.1 Å². The Morgan fingerprint density at radius 3 is 2.54 bits per heavy atom. The van der Waals surface area contributed by atoms with Crippen molar-refractivity contribution in [2.75, 3.05) is 18.4 Å². The first-order valence-corrected chi connectivity index (χ1v) is 10.5. The smallest absolute Gasteiger partial charge is 0.406 e. The lowest BCUT2D eigenvalue weighted by Gasteiger charge is -2.09. The minimum absolute atomic E-state index is 0.0971. The zero-order chi connectivity index (χ0) is 24.8. The second kappa shape index (κ2) is 10.2. The molecule has 4 aromatic rings. The molecule has 0 atom stereocenters. The van der Waals surface area contributed by atoms with Crippen LogP contribution in [0.5, 0.6) is 5.75 Å². The third-order valence-electron chi connectivity index (χ3n) is 4.82. The molecular weight excluding hydrogens is 469 g/mol. The van der Waals surface area contributed by atoms with Crippen molar-refractivity contribution in [2.45, 2.75) is 19.2 Å². The molecule has 1 amide bonds. The number of rotatable bonds is 9. The number of fused-ring (bicyclic) bond motifs is 1. The van der Waals surface area contributed by atoms with E-state index in [-0.39, 0.29) is 41.8 Å². The Bertz CT molecular complexity index is 1370. The number of benzene rings is 2. The van der Waals surface area contributed by atoms with Gasteiger partial charge in [0, 0.05) is 36.9 Å². The van der Waals surface area contributed by atoms with E-state index in [1.807, 2.05) is 0 Å². The maximum absolute atomic E-state index is 12.3. The number of alkyl halides is 3. The number of nitrogens with zero attached hydrogens (tertiary/aromatic N) is 3. The zero-order valence-electron chi connectivity index (χ0n) is 18.1. The highest BCUT2D eigenvalue weighted by Gasteiger charge is 2.31. The predicted molar refractivity (Wildman–Crippen MR) is 119 cm³/mol. The first-order chi connectivity index (χ1) is 16.8. The van der Waals surface area contributed by atoms with Gasteiger partial charge in [-0.3, -0.25) is 9.59 Å². The highest BCUT2D eigenvalue weighted by Crippen LogP contribution is 2.25. The van der Waals surface area contributed by atoms with Crippen molar-refractivity contribution in [1.29, 1.82) is 0 Å². The molecule has 0 spiro atoms. The zero-order valence-corrected chi connectivity index (χ0v) is 18.1. The Morgan fingerprint density at radius 1 is 1.06 bits per heavy atom. The molecule has 0 aliphatic heterocycles. The molecule has 2 heterocycles. The van der Waals surface area contributed by atoms with Crippen LogP contribution in [0.25, 0.3) is 22.2 Å². The van der Waals surface area contributed by atoms with Gasteiger partial charge in [0.2, 0.25) is 17.6 Å². The molecule has 0 aliphatic rings. The molecule has 0 radical (unpaired) electrons. The summed E-state index contributed by atoms with van der Waals surface area (Å²) in [6.07, 6.45) is -4.49. The van der Waals surface area contributed by atoms with Gasteiger partial charge in [-0.15, -0.1) is 13.2 Å². The number of hydrogen-bond donors (Lipinski definition) is 3. The van der Waals surface area contributed by atoms with Crippen molar-refractivity contribution >= 4 is 22.5 Å². The molecule has 2 aromatic carbocycles. The van der Waals surface area contributed by atoms with Crippen molar-refractivity contribution in [3.05, 3.63) is 64.8 Å². The second-order valence-electron chi connectivity index (χ2n) is 7.31. The Labute approximate surface area is 195 Å². The number of halogens is 3. The number of anilines is 1. The van der Waals surface area contributed by atoms with Crippen molar-refractivity contribution < 1.29 is 27.2 Å². The fourth-order valence-corrected chi connectivity index (χ4v) is 3.22. The quantitative estimate of drug-likeness (QED) is 0.306. The largest absolute Gasteiger partial charge is 0.573 e. The van der Waals surface area contributed by atoms with Gasteiger partial charge in [0.05, 0.1) is 5.39 Å². The Hall–Kier alpha value is -4.42. The molecule has 13 heteroatoms. The molecule has 0 saturated carbocycles. The summed E-state index contributed by atoms with van der Waals surface area (Å²) in [6, 6.07) is 12.1. The van der Waals surface area contributed by atoms with E-state index in [2.05, 4.69) is 35.7 Å². The fourth-order valence-electron chi connectivity index (χ4n) is 3.22. The van der Waals surface area contributed by atoms with E-state index < -0.39 is 6.36 Å².